The smallest absolute Gasteiger partial charge is 0.128 e. The molecule has 0 saturated carbocycles. The van der Waals surface area contributed by atoms with Crippen molar-refractivity contribution >= 4 is 10.9 Å². The van der Waals surface area contributed by atoms with E-state index in [0.717, 1.165) is 17.3 Å². The molecule has 0 bridgehead atoms. The van der Waals surface area contributed by atoms with Crippen molar-refractivity contribution in [3.05, 3.63) is 30.0 Å². The van der Waals surface area contributed by atoms with Crippen LogP contribution in [0.2, 0.25) is 0 Å². The van der Waals surface area contributed by atoms with Crippen molar-refractivity contribution in [2.75, 3.05) is 0 Å². The van der Waals surface area contributed by atoms with Gasteiger partial charge in [0.2, 0.25) is 0 Å². The first kappa shape index (κ1) is 10.7. The molecule has 2 rings (SSSR count). The summed E-state index contributed by atoms with van der Waals surface area (Å²) in [5.41, 5.74) is 2.40. The molecule has 0 aliphatic heterocycles. The van der Waals surface area contributed by atoms with E-state index in [4.69, 9.17) is 5.26 Å². The number of rotatable bonds is 4. The number of aryl methyl sites for hydroxylation is 1. The van der Waals surface area contributed by atoms with Gasteiger partial charge in [-0.15, -0.1) is 0 Å². The maximum atomic E-state index is 8.66. The van der Waals surface area contributed by atoms with E-state index >= 15 is 0 Å². The highest BCUT2D eigenvalue weighted by Crippen LogP contribution is 2.17. The Morgan fingerprint density at radius 3 is 3.06 bits per heavy atom. The van der Waals surface area contributed by atoms with Crippen LogP contribution in [0.4, 0.5) is 0 Å². The Balaban J connectivity index is 2.30. The Hall–Kier alpha value is -1.82. The third-order valence-corrected chi connectivity index (χ3v) is 2.75. The molecule has 82 valence electrons. The van der Waals surface area contributed by atoms with Gasteiger partial charge in [0, 0.05) is 5.39 Å². The van der Waals surface area contributed by atoms with E-state index < -0.39 is 0 Å². The molecule has 0 saturated heterocycles. The predicted molar refractivity (Wildman–Crippen MR) is 64.0 cm³/mol. The lowest BCUT2D eigenvalue weighted by molar-refractivity contribution is 0.736. The molecular formula is C13H15N3. The Morgan fingerprint density at radius 1 is 1.44 bits per heavy atom. The summed E-state index contributed by atoms with van der Waals surface area (Å²) in [6, 6.07) is 8.48. The van der Waals surface area contributed by atoms with Gasteiger partial charge in [0.1, 0.15) is 6.54 Å². The van der Waals surface area contributed by atoms with Crippen LogP contribution in [-0.4, -0.2) is 9.78 Å². The summed E-state index contributed by atoms with van der Waals surface area (Å²) in [5.74, 6) is 0. The third-order valence-electron chi connectivity index (χ3n) is 2.75. The normalized spacial score (nSPS) is 10.5. The highest BCUT2D eigenvalue weighted by atomic mass is 15.3. The molecule has 0 aliphatic rings. The fourth-order valence-corrected chi connectivity index (χ4v) is 1.87. The van der Waals surface area contributed by atoms with Crippen LogP contribution in [0.25, 0.3) is 10.9 Å². The summed E-state index contributed by atoms with van der Waals surface area (Å²) in [7, 11) is 0. The maximum Gasteiger partial charge on any atom is 0.128 e. The van der Waals surface area contributed by atoms with Crippen LogP contribution in [0.3, 0.4) is 0 Å². The first-order valence-electron chi connectivity index (χ1n) is 5.66. The van der Waals surface area contributed by atoms with Crippen LogP contribution in [0.15, 0.2) is 24.4 Å². The zero-order valence-electron chi connectivity index (χ0n) is 9.48. The SMILES string of the molecule is CCCCc1ccc2c(cnn2CC#N)c1. The summed E-state index contributed by atoms with van der Waals surface area (Å²) >= 11 is 0. The molecule has 0 amide bonds. The molecule has 1 heterocycles. The van der Waals surface area contributed by atoms with Crippen LogP contribution in [0.5, 0.6) is 0 Å². The number of fused-ring (bicyclic) bond motifs is 1. The van der Waals surface area contributed by atoms with E-state index in [0.29, 0.717) is 6.54 Å². The lowest BCUT2D eigenvalue weighted by Crippen LogP contribution is -1.96. The highest BCUT2D eigenvalue weighted by molar-refractivity contribution is 5.79. The van der Waals surface area contributed by atoms with Crippen molar-refractivity contribution in [1.29, 1.82) is 5.26 Å². The van der Waals surface area contributed by atoms with E-state index in [2.05, 4.69) is 36.3 Å². The van der Waals surface area contributed by atoms with Crippen molar-refractivity contribution in [1.82, 2.24) is 9.78 Å². The first-order chi connectivity index (χ1) is 7.85. The predicted octanol–water partition coefficient (Wildman–Crippen LogP) is 2.90. The topological polar surface area (TPSA) is 41.6 Å². The molecule has 0 atom stereocenters. The molecule has 1 aromatic carbocycles. The Labute approximate surface area is 95.3 Å². The molecule has 0 unspecified atom stereocenters. The van der Waals surface area contributed by atoms with E-state index in [1.807, 2.05) is 6.20 Å². The summed E-state index contributed by atoms with van der Waals surface area (Å²) in [4.78, 5) is 0. The van der Waals surface area contributed by atoms with Crippen molar-refractivity contribution in [3.8, 4) is 6.07 Å². The first-order valence-corrected chi connectivity index (χ1v) is 5.66. The average Bonchev–Trinajstić information content (AvgIpc) is 2.70. The van der Waals surface area contributed by atoms with E-state index in [1.165, 1.54) is 18.4 Å². The monoisotopic (exact) mass is 213 g/mol. The molecule has 0 spiro atoms. The molecule has 2 aromatic rings. The summed E-state index contributed by atoms with van der Waals surface area (Å²) < 4.78 is 1.74. The Kier molecular flexibility index (Phi) is 3.21. The quantitative estimate of drug-likeness (QED) is 0.783. The number of nitriles is 1. The second-order valence-corrected chi connectivity index (χ2v) is 3.96. The van der Waals surface area contributed by atoms with Gasteiger partial charge >= 0.3 is 0 Å². The van der Waals surface area contributed by atoms with E-state index in [-0.39, 0.29) is 0 Å². The van der Waals surface area contributed by atoms with Crippen LogP contribution < -0.4 is 0 Å². The molecule has 1 aromatic heterocycles. The van der Waals surface area contributed by atoms with Crippen molar-refractivity contribution in [2.24, 2.45) is 0 Å². The van der Waals surface area contributed by atoms with Gasteiger partial charge in [0.15, 0.2) is 0 Å². The van der Waals surface area contributed by atoms with Crippen molar-refractivity contribution in [2.45, 2.75) is 32.7 Å². The fraction of sp³-hybridized carbons (Fsp3) is 0.385. The summed E-state index contributed by atoms with van der Waals surface area (Å²) in [6.45, 7) is 2.52. The number of nitrogens with zero attached hydrogens (tertiary/aromatic N) is 3. The van der Waals surface area contributed by atoms with Crippen LogP contribution in [0.1, 0.15) is 25.3 Å². The number of benzene rings is 1. The lowest BCUT2D eigenvalue weighted by atomic mass is 10.1. The van der Waals surface area contributed by atoms with Gasteiger partial charge in [0.05, 0.1) is 17.8 Å². The molecule has 3 nitrogen and oxygen atoms in total. The van der Waals surface area contributed by atoms with Gasteiger partial charge in [-0.25, -0.2) is 0 Å². The van der Waals surface area contributed by atoms with Gasteiger partial charge in [-0.05, 0) is 30.5 Å². The zero-order valence-corrected chi connectivity index (χ0v) is 9.48. The molecule has 16 heavy (non-hydrogen) atoms. The Bertz CT molecular complexity index is 519. The number of hydrogen-bond donors (Lipinski definition) is 0. The number of unbranched alkanes of at least 4 members (excludes halogenated alkanes) is 1. The molecule has 0 N–H and O–H groups in total. The zero-order chi connectivity index (χ0) is 11.4. The van der Waals surface area contributed by atoms with Crippen LogP contribution in [0, 0.1) is 11.3 Å². The number of hydrogen-bond acceptors (Lipinski definition) is 2. The lowest BCUT2D eigenvalue weighted by Gasteiger charge is -2.01. The fourth-order valence-electron chi connectivity index (χ4n) is 1.87. The van der Waals surface area contributed by atoms with Gasteiger partial charge in [-0.3, -0.25) is 4.68 Å². The molecule has 3 heteroatoms. The van der Waals surface area contributed by atoms with Crippen LogP contribution in [-0.2, 0) is 13.0 Å². The largest absolute Gasteiger partial charge is 0.251 e. The summed E-state index contributed by atoms with van der Waals surface area (Å²) in [6.07, 6.45) is 5.39. The minimum atomic E-state index is 0.317. The van der Waals surface area contributed by atoms with Gasteiger partial charge < -0.3 is 0 Å². The van der Waals surface area contributed by atoms with Gasteiger partial charge in [-0.2, -0.15) is 10.4 Å². The third kappa shape index (κ3) is 2.06. The molecule has 0 radical (unpaired) electrons. The molecule has 0 aliphatic carbocycles. The Morgan fingerprint density at radius 2 is 2.31 bits per heavy atom. The average molecular weight is 213 g/mol. The molecular weight excluding hydrogens is 198 g/mol. The molecule has 0 fully saturated rings. The highest BCUT2D eigenvalue weighted by Gasteiger charge is 2.02. The van der Waals surface area contributed by atoms with E-state index in [9.17, 15) is 0 Å². The van der Waals surface area contributed by atoms with E-state index in [1.54, 1.807) is 4.68 Å². The van der Waals surface area contributed by atoms with Gasteiger partial charge in [0.25, 0.3) is 0 Å². The summed E-state index contributed by atoms with van der Waals surface area (Å²) in [5, 5.41) is 14.0. The number of aromatic nitrogens is 2. The van der Waals surface area contributed by atoms with Crippen molar-refractivity contribution < 1.29 is 0 Å². The second kappa shape index (κ2) is 4.80. The maximum absolute atomic E-state index is 8.66. The van der Waals surface area contributed by atoms with Crippen LogP contribution >= 0.6 is 0 Å². The standard InChI is InChI=1S/C13H15N3/c1-2-3-4-11-5-6-13-12(9-11)10-15-16(13)8-7-14/h5-6,9-10H,2-4,8H2,1H3. The minimum Gasteiger partial charge on any atom is -0.251 e. The minimum absolute atomic E-state index is 0.317. The second-order valence-electron chi connectivity index (χ2n) is 3.96. The van der Waals surface area contributed by atoms with Gasteiger partial charge in [-0.1, -0.05) is 19.4 Å². The van der Waals surface area contributed by atoms with Crippen molar-refractivity contribution in [3.63, 3.8) is 0 Å².